The minimum absolute atomic E-state index is 0.0942. The van der Waals surface area contributed by atoms with Gasteiger partial charge >= 0.3 is 0 Å². The van der Waals surface area contributed by atoms with Gasteiger partial charge < -0.3 is 10.0 Å². The molecule has 4 rings (SSSR count). The van der Waals surface area contributed by atoms with E-state index in [1.165, 1.54) is 24.0 Å². The van der Waals surface area contributed by atoms with Gasteiger partial charge in [-0.2, -0.15) is 0 Å². The van der Waals surface area contributed by atoms with E-state index in [9.17, 15) is 5.11 Å². The van der Waals surface area contributed by atoms with Gasteiger partial charge in [-0.3, -0.25) is 0 Å². The molecule has 2 heteroatoms. The molecule has 0 spiro atoms. The summed E-state index contributed by atoms with van der Waals surface area (Å²) in [4.78, 5) is 1.77. The molecule has 0 aromatic heterocycles. The third-order valence-electron chi connectivity index (χ3n) is 5.82. The van der Waals surface area contributed by atoms with Gasteiger partial charge in [-0.15, -0.1) is 0 Å². The fraction of sp³-hybridized carbons (Fsp3) is 0.647. The minimum Gasteiger partial charge on any atom is -0.508 e. The summed E-state index contributed by atoms with van der Waals surface area (Å²) in [7, 11) is 0. The Bertz CT molecular complexity index is 600. The number of hydrogen-bond acceptors (Lipinski definition) is 2. The van der Waals surface area contributed by atoms with Gasteiger partial charge in [0.15, 0.2) is 0 Å². The lowest BCUT2D eigenvalue weighted by Gasteiger charge is -2.58. The molecule has 1 unspecified atom stereocenters. The summed E-state index contributed by atoms with van der Waals surface area (Å²) in [6, 6.07) is 5.83. The van der Waals surface area contributed by atoms with Gasteiger partial charge in [-0.25, -0.2) is 0 Å². The molecular weight excluding hydrogens is 234 g/mol. The first-order valence-electron chi connectivity index (χ1n) is 9.01. The van der Waals surface area contributed by atoms with Crippen molar-refractivity contribution in [2.75, 3.05) is 13.5 Å². The first kappa shape index (κ1) is 9.02. The lowest BCUT2D eigenvalue weighted by molar-refractivity contribution is 0.00274. The van der Waals surface area contributed by atoms with E-state index in [4.69, 9.17) is 4.11 Å². The van der Waals surface area contributed by atoms with Gasteiger partial charge in [0.25, 0.3) is 0 Å². The van der Waals surface area contributed by atoms with Crippen molar-refractivity contribution in [3.63, 3.8) is 0 Å². The molecule has 0 radical (unpaired) electrons. The number of phenolic OH excluding ortho intramolecular Hbond substituents is 1. The molecule has 2 aliphatic carbocycles. The van der Waals surface area contributed by atoms with Crippen LogP contribution in [0, 0.1) is 5.92 Å². The van der Waals surface area contributed by atoms with Crippen molar-refractivity contribution in [3.05, 3.63) is 29.3 Å². The van der Waals surface area contributed by atoms with Crippen LogP contribution in [-0.4, -0.2) is 29.6 Å². The lowest BCUT2D eigenvalue weighted by atomic mass is 9.52. The molecule has 1 aromatic rings. The Hall–Kier alpha value is -1.02. The number of nitrogens with zero attached hydrogens (tertiary/aromatic N) is 1. The van der Waals surface area contributed by atoms with Crippen LogP contribution in [0.15, 0.2) is 18.2 Å². The number of fused-ring (bicyclic) bond motifs is 1. The number of rotatable bonds is 0. The Morgan fingerprint density at radius 2 is 2.32 bits per heavy atom. The van der Waals surface area contributed by atoms with E-state index in [-0.39, 0.29) is 11.5 Å². The zero-order valence-corrected chi connectivity index (χ0v) is 11.2. The van der Waals surface area contributed by atoms with Gasteiger partial charge in [0.2, 0.25) is 0 Å². The van der Waals surface area contributed by atoms with Crippen LogP contribution >= 0.6 is 0 Å². The molecule has 2 bridgehead atoms. The molecule has 19 heavy (non-hydrogen) atoms. The summed E-state index contributed by atoms with van der Waals surface area (Å²) in [5.74, 6) is 0.763. The number of likely N-dealkylation sites (N-methyl/N-ethyl adjacent to an activating group) is 1. The summed E-state index contributed by atoms with van der Waals surface area (Å²) in [6.07, 6.45) is 6.38. The van der Waals surface area contributed by atoms with Crippen molar-refractivity contribution in [2.24, 2.45) is 5.92 Å². The number of piperidine rings is 1. The summed E-state index contributed by atoms with van der Waals surface area (Å²) in [6.45, 7) is -1.35. The van der Waals surface area contributed by atoms with Gasteiger partial charge in [0.05, 0.1) is 0 Å². The van der Waals surface area contributed by atoms with Crippen LogP contribution in [0.1, 0.15) is 47.3 Å². The number of aromatic hydroxyl groups is 1. The Morgan fingerprint density at radius 1 is 1.37 bits per heavy atom. The van der Waals surface area contributed by atoms with E-state index in [2.05, 4.69) is 0 Å². The third-order valence-corrected chi connectivity index (χ3v) is 5.82. The molecular formula is C17H23NO. The molecule has 1 saturated carbocycles. The summed E-state index contributed by atoms with van der Waals surface area (Å²) in [5, 5.41) is 9.95. The fourth-order valence-electron chi connectivity index (χ4n) is 4.99. The smallest absolute Gasteiger partial charge is 0.115 e. The number of likely N-dealkylation sites (tertiary alicyclic amines) is 1. The fourth-order valence-corrected chi connectivity index (χ4v) is 4.99. The van der Waals surface area contributed by atoms with Crippen molar-refractivity contribution in [2.45, 2.75) is 50.0 Å². The van der Waals surface area contributed by atoms with Gasteiger partial charge in [-0.1, -0.05) is 18.9 Å². The second-order valence-electron chi connectivity index (χ2n) is 6.56. The summed E-state index contributed by atoms with van der Waals surface area (Å²) >= 11 is 0. The standard InChI is InChI=1S/C17H23NO/c1-18-9-8-17-7-3-2-4-14(17)16(18)10-12-5-6-13(19)11-15(12)17/h5-6,11,14,16,19H,2-4,7-10H2,1H3/t14?,16-,17-/m1/s1/i1D3. The predicted molar refractivity (Wildman–Crippen MR) is 76.5 cm³/mol. The first-order valence-corrected chi connectivity index (χ1v) is 7.51. The molecule has 2 fully saturated rings. The van der Waals surface area contributed by atoms with Gasteiger partial charge in [0.1, 0.15) is 5.75 Å². The minimum atomic E-state index is -2.00. The van der Waals surface area contributed by atoms with E-state index in [0.29, 0.717) is 18.2 Å². The maximum absolute atomic E-state index is 9.95. The molecule has 1 aromatic carbocycles. The maximum Gasteiger partial charge on any atom is 0.115 e. The van der Waals surface area contributed by atoms with Crippen LogP contribution in [-0.2, 0) is 11.8 Å². The normalized spacial score (nSPS) is 40.5. The van der Waals surface area contributed by atoms with Crippen LogP contribution in [0.3, 0.4) is 0 Å². The molecule has 2 nitrogen and oxygen atoms in total. The molecule has 3 aliphatic rings. The predicted octanol–water partition coefficient (Wildman–Crippen LogP) is 3.08. The molecule has 1 heterocycles. The molecule has 102 valence electrons. The van der Waals surface area contributed by atoms with E-state index in [0.717, 1.165) is 25.7 Å². The van der Waals surface area contributed by atoms with Gasteiger partial charge in [0, 0.05) is 15.6 Å². The molecule has 1 aliphatic heterocycles. The van der Waals surface area contributed by atoms with E-state index < -0.39 is 6.98 Å². The Labute approximate surface area is 119 Å². The summed E-state index contributed by atoms with van der Waals surface area (Å²) in [5.41, 5.74) is 2.64. The quantitative estimate of drug-likeness (QED) is 0.775. The SMILES string of the molecule is [2H]C([2H])([2H])N1CC[C@]23CCCCC2[C@H]1Cc1ccc(O)cc13. The van der Waals surface area contributed by atoms with Crippen molar-refractivity contribution in [3.8, 4) is 5.75 Å². The highest BCUT2D eigenvalue weighted by molar-refractivity contribution is 5.45. The van der Waals surface area contributed by atoms with E-state index >= 15 is 0 Å². The third kappa shape index (κ3) is 1.53. The van der Waals surface area contributed by atoms with Crippen LogP contribution in [0.2, 0.25) is 0 Å². The molecule has 3 atom stereocenters. The second kappa shape index (κ2) is 3.99. The number of benzene rings is 1. The number of hydrogen-bond donors (Lipinski definition) is 1. The highest BCUT2D eigenvalue weighted by Crippen LogP contribution is 2.55. The Morgan fingerprint density at radius 3 is 3.21 bits per heavy atom. The van der Waals surface area contributed by atoms with Crippen LogP contribution < -0.4 is 0 Å². The van der Waals surface area contributed by atoms with Crippen LogP contribution in [0.5, 0.6) is 5.75 Å². The number of phenols is 1. The average Bonchev–Trinajstić information content (AvgIpc) is 2.47. The largest absolute Gasteiger partial charge is 0.508 e. The second-order valence-corrected chi connectivity index (χ2v) is 6.56. The molecule has 1 saturated heterocycles. The van der Waals surface area contributed by atoms with Gasteiger partial charge in [-0.05, 0) is 68.4 Å². The highest BCUT2D eigenvalue weighted by atomic mass is 16.3. The Kier molecular flexibility index (Phi) is 1.89. The first-order chi connectivity index (χ1) is 10.4. The van der Waals surface area contributed by atoms with Crippen molar-refractivity contribution in [1.82, 2.24) is 4.90 Å². The van der Waals surface area contributed by atoms with E-state index in [1.54, 1.807) is 11.0 Å². The zero-order valence-electron chi connectivity index (χ0n) is 14.2. The van der Waals surface area contributed by atoms with Crippen LogP contribution in [0.25, 0.3) is 0 Å². The zero-order chi connectivity index (χ0) is 15.5. The Balaban J connectivity index is 1.85. The topological polar surface area (TPSA) is 23.5 Å². The molecule has 1 N–H and O–H groups in total. The monoisotopic (exact) mass is 260 g/mol. The van der Waals surface area contributed by atoms with Crippen LogP contribution in [0.4, 0.5) is 0 Å². The maximum atomic E-state index is 9.95. The van der Waals surface area contributed by atoms with Crippen molar-refractivity contribution < 1.29 is 9.22 Å². The average molecular weight is 260 g/mol. The highest BCUT2D eigenvalue weighted by Gasteiger charge is 2.52. The summed E-state index contributed by atoms with van der Waals surface area (Å²) < 4.78 is 23.7. The lowest BCUT2D eigenvalue weighted by Crippen LogP contribution is -2.59. The van der Waals surface area contributed by atoms with Crippen molar-refractivity contribution in [1.29, 1.82) is 0 Å². The molecule has 0 amide bonds. The van der Waals surface area contributed by atoms with Crippen molar-refractivity contribution >= 4 is 0 Å². The van der Waals surface area contributed by atoms with E-state index in [1.807, 2.05) is 12.1 Å².